The van der Waals surface area contributed by atoms with E-state index in [0.717, 1.165) is 22.4 Å². The van der Waals surface area contributed by atoms with Crippen LogP contribution < -0.4 is 5.32 Å². The summed E-state index contributed by atoms with van der Waals surface area (Å²) in [4.78, 5) is 8.89. The number of methoxy groups -OCH3 is 2. The summed E-state index contributed by atoms with van der Waals surface area (Å²) in [6.07, 6.45) is 0.735. The van der Waals surface area contributed by atoms with Gasteiger partial charge in [0, 0.05) is 21.3 Å². The van der Waals surface area contributed by atoms with Gasteiger partial charge < -0.3 is 14.8 Å². The van der Waals surface area contributed by atoms with E-state index in [4.69, 9.17) is 9.47 Å². The molecule has 0 aliphatic carbocycles. The average Bonchev–Trinajstić information content (AvgIpc) is 2.34. The number of anilines is 1. The van der Waals surface area contributed by atoms with Crippen LogP contribution in [-0.2, 0) is 16.1 Å². The molecule has 1 unspecified atom stereocenters. The minimum Gasteiger partial charge on any atom is -0.378 e. The van der Waals surface area contributed by atoms with Gasteiger partial charge in [-0.2, -0.15) is 0 Å². The van der Waals surface area contributed by atoms with Gasteiger partial charge in [0.2, 0.25) is 0 Å². The Hall–Kier alpha value is -0.720. The molecule has 1 aromatic heterocycles. The maximum Gasteiger partial charge on any atom is 0.159 e. The van der Waals surface area contributed by atoms with E-state index in [2.05, 4.69) is 31.2 Å². The van der Waals surface area contributed by atoms with Crippen LogP contribution in [0, 0.1) is 0 Å². The van der Waals surface area contributed by atoms with Crippen LogP contribution in [0.2, 0.25) is 0 Å². The van der Waals surface area contributed by atoms with Gasteiger partial charge in [0.05, 0.1) is 16.8 Å². The minimum atomic E-state index is -0.0918. The van der Waals surface area contributed by atoms with Crippen molar-refractivity contribution in [1.82, 2.24) is 9.97 Å². The summed E-state index contributed by atoms with van der Waals surface area (Å²) in [5.74, 6) is 1.42. The quantitative estimate of drug-likeness (QED) is 0.875. The molecule has 0 radical (unpaired) electrons. The molecule has 1 heterocycles. The SMILES string of the molecule is CCC(OC)c1nc(COC)c(Br)c(NC)n1. The molecule has 1 rings (SSSR count). The third kappa shape index (κ3) is 3.37. The lowest BCUT2D eigenvalue weighted by molar-refractivity contribution is 0.0917. The number of hydrogen-bond donors (Lipinski definition) is 1. The first-order valence-corrected chi connectivity index (χ1v) is 6.22. The summed E-state index contributed by atoms with van der Waals surface area (Å²) in [5.41, 5.74) is 0.817. The first-order chi connectivity index (χ1) is 8.17. The maximum absolute atomic E-state index is 5.35. The lowest BCUT2D eigenvalue weighted by Gasteiger charge is -2.15. The van der Waals surface area contributed by atoms with Gasteiger partial charge in [0.25, 0.3) is 0 Å². The van der Waals surface area contributed by atoms with Crippen LogP contribution in [-0.4, -0.2) is 31.2 Å². The smallest absolute Gasteiger partial charge is 0.159 e. The summed E-state index contributed by atoms with van der Waals surface area (Å²) < 4.78 is 11.3. The predicted octanol–water partition coefficient (Wildman–Crippen LogP) is 2.52. The van der Waals surface area contributed by atoms with E-state index in [1.807, 2.05) is 14.0 Å². The van der Waals surface area contributed by atoms with E-state index in [1.54, 1.807) is 14.2 Å². The molecule has 1 atom stereocenters. The van der Waals surface area contributed by atoms with E-state index in [-0.39, 0.29) is 6.10 Å². The van der Waals surface area contributed by atoms with E-state index in [0.29, 0.717) is 12.4 Å². The predicted molar refractivity (Wildman–Crippen MR) is 70.0 cm³/mol. The first-order valence-electron chi connectivity index (χ1n) is 5.43. The Morgan fingerprint density at radius 2 is 2.06 bits per heavy atom. The highest BCUT2D eigenvalue weighted by atomic mass is 79.9. The van der Waals surface area contributed by atoms with Crippen molar-refractivity contribution in [3.8, 4) is 0 Å². The molecule has 96 valence electrons. The van der Waals surface area contributed by atoms with Crippen molar-refractivity contribution in [3.05, 3.63) is 16.0 Å². The van der Waals surface area contributed by atoms with Gasteiger partial charge in [-0.05, 0) is 22.4 Å². The summed E-state index contributed by atoms with van der Waals surface area (Å²) in [6.45, 7) is 2.47. The fourth-order valence-electron chi connectivity index (χ4n) is 1.51. The zero-order valence-electron chi connectivity index (χ0n) is 10.6. The Morgan fingerprint density at radius 1 is 1.35 bits per heavy atom. The van der Waals surface area contributed by atoms with E-state index < -0.39 is 0 Å². The highest BCUT2D eigenvalue weighted by Gasteiger charge is 2.17. The number of nitrogens with one attached hydrogen (secondary N) is 1. The second-order valence-electron chi connectivity index (χ2n) is 3.51. The fourth-order valence-corrected chi connectivity index (χ4v) is 2.00. The van der Waals surface area contributed by atoms with Crippen LogP contribution in [0.3, 0.4) is 0 Å². The Bertz CT molecular complexity index is 370. The highest BCUT2D eigenvalue weighted by Crippen LogP contribution is 2.27. The molecular formula is C11H18BrN3O2. The van der Waals surface area contributed by atoms with E-state index >= 15 is 0 Å². The van der Waals surface area contributed by atoms with Gasteiger partial charge in [-0.15, -0.1) is 0 Å². The molecule has 0 aliphatic heterocycles. The van der Waals surface area contributed by atoms with Gasteiger partial charge in [-0.25, -0.2) is 9.97 Å². The Kier molecular flexibility index (Phi) is 5.80. The molecule has 17 heavy (non-hydrogen) atoms. The molecule has 0 aliphatic rings. The third-order valence-corrected chi connectivity index (χ3v) is 3.23. The fraction of sp³-hybridized carbons (Fsp3) is 0.636. The molecule has 0 bridgehead atoms. The Morgan fingerprint density at radius 3 is 2.53 bits per heavy atom. The van der Waals surface area contributed by atoms with Gasteiger partial charge in [-0.3, -0.25) is 0 Å². The molecule has 0 amide bonds. The highest BCUT2D eigenvalue weighted by molar-refractivity contribution is 9.10. The molecule has 0 spiro atoms. The average molecular weight is 304 g/mol. The van der Waals surface area contributed by atoms with Crippen LogP contribution in [0.25, 0.3) is 0 Å². The Balaban J connectivity index is 3.18. The number of ether oxygens (including phenoxy) is 2. The molecule has 1 N–H and O–H groups in total. The van der Waals surface area contributed by atoms with Crippen LogP contribution in [0.5, 0.6) is 0 Å². The monoisotopic (exact) mass is 303 g/mol. The van der Waals surface area contributed by atoms with Gasteiger partial charge >= 0.3 is 0 Å². The van der Waals surface area contributed by atoms with E-state index in [1.165, 1.54) is 0 Å². The molecule has 0 aromatic carbocycles. The molecule has 6 heteroatoms. The van der Waals surface area contributed by atoms with Crippen LogP contribution in [0.15, 0.2) is 4.47 Å². The van der Waals surface area contributed by atoms with Crippen LogP contribution in [0.4, 0.5) is 5.82 Å². The zero-order chi connectivity index (χ0) is 12.8. The molecule has 1 aromatic rings. The van der Waals surface area contributed by atoms with Crippen molar-refractivity contribution in [1.29, 1.82) is 0 Å². The van der Waals surface area contributed by atoms with E-state index in [9.17, 15) is 0 Å². The normalized spacial score (nSPS) is 12.5. The number of rotatable bonds is 6. The van der Waals surface area contributed by atoms with Gasteiger partial charge in [-0.1, -0.05) is 6.92 Å². The van der Waals surface area contributed by atoms with Crippen molar-refractivity contribution in [3.63, 3.8) is 0 Å². The van der Waals surface area contributed by atoms with Crippen molar-refractivity contribution in [2.24, 2.45) is 0 Å². The van der Waals surface area contributed by atoms with Crippen LogP contribution >= 0.6 is 15.9 Å². The molecule has 0 saturated heterocycles. The van der Waals surface area contributed by atoms with Gasteiger partial charge in [0.15, 0.2) is 5.82 Å². The lowest BCUT2D eigenvalue weighted by Crippen LogP contribution is -2.11. The second kappa shape index (κ2) is 6.88. The van der Waals surface area contributed by atoms with Crippen molar-refractivity contribution < 1.29 is 9.47 Å². The number of halogens is 1. The van der Waals surface area contributed by atoms with Crippen molar-refractivity contribution >= 4 is 21.7 Å². The largest absolute Gasteiger partial charge is 0.378 e. The second-order valence-corrected chi connectivity index (χ2v) is 4.30. The number of hydrogen-bond acceptors (Lipinski definition) is 5. The first kappa shape index (κ1) is 14.3. The standard InChI is InChI=1S/C11H18BrN3O2/c1-5-8(17-4)10-14-7(6-16-3)9(12)11(13-2)15-10/h8H,5-6H2,1-4H3,(H,13,14,15). The molecule has 0 fully saturated rings. The third-order valence-electron chi connectivity index (χ3n) is 2.40. The molecule has 0 saturated carbocycles. The number of aromatic nitrogens is 2. The van der Waals surface area contributed by atoms with Crippen LogP contribution in [0.1, 0.15) is 31.0 Å². The zero-order valence-corrected chi connectivity index (χ0v) is 12.2. The topological polar surface area (TPSA) is 56.3 Å². The molecule has 5 nitrogen and oxygen atoms in total. The van der Waals surface area contributed by atoms with Gasteiger partial charge in [0.1, 0.15) is 11.9 Å². The lowest BCUT2D eigenvalue weighted by atomic mass is 10.2. The van der Waals surface area contributed by atoms with Crippen molar-refractivity contribution in [2.45, 2.75) is 26.1 Å². The van der Waals surface area contributed by atoms with Crippen molar-refractivity contribution in [2.75, 3.05) is 26.6 Å². The molecular weight excluding hydrogens is 286 g/mol. The number of nitrogens with zero attached hydrogens (tertiary/aromatic N) is 2. The Labute approximate surface area is 110 Å². The summed E-state index contributed by atoms with van der Waals surface area (Å²) in [5, 5.41) is 3.03. The summed E-state index contributed by atoms with van der Waals surface area (Å²) in [7, 11) is 5.12. The minimum absolute atomic E-state index is 0.0918. The summed E-state index contributed by atoms with van der Waals surface area (Å²) >= 11 is 3.46. The summed E-state index contributed by atoms with van der Waals surface area (Å²) in [6, 6.07) is 0. The maximum atomic E-state index is 5.35.